The minimum atomic E-state index is -4.87. The third-order valence-corrected chi connectivity index (χ3v) is 14.9. The fraction of sp³-hybridized carbons (Fsp3) is 0.300. The number of aryl methyl sites for hydroxylation is 2. The second-order valence-electron chi connectivity index (χ2n) is 18.7. The van der Waals surface area contributed by atoms with E-state index in [0.717, 1.165) is 92.5 Å². The Labute approximate surface area is 457 Å². The van der Waals surface area contributed by atoms with Gasteiger partial charge in [0, 0.05) is 0 Å². The molecule has 0 fully saturated rings. The van der Waals surface area contributed by atoms with Gasteiger partial charge in [-0.05, 0) is 72.2 Å². The van der Waals surface area contributed by atoms with Crippen molar-refractivity contribution in [3.05, 3.63) is 178 Å². The molecule has 8 aromatic rings. The van der Waals surface area contributed by atoms with Crippen molar-refractivity contribution in [2.24, 2.45) is 0 Å². The maximum atomic E-state index is 13.4. The van der Waals surface area contributed by atoms with Crippen LogP contribution in [0.5, 0.6) is 0 Å². The van der Waals surface area contributed by atoms with E-state index in [2.05, 4.69) is 42.5 Å². The smallest absolute Gasteiger partial charge is 0.0920 e. The SMILES string of the molecule is CCCc1ccc2[cH-]c(C(C)CC)cc2c1-c1cc(C(F)(F)F)cc(C(F)(F)F)c1.CCCc1ccc2[cH-]c(C(C)CC)cc2c1-c1cc(C(F)(F)F)cc(C(F)(F)F)c1.[Cl][Zr][Cl].[c-]1cccc2c1[Si]c1ccccc1-2. The molecule has 0 nitrogen and oxygen atoms in total. The Kier molecular flexibility index (Phi) is 20.3. The van der Waals surface area contributed by atoms with Crippen molar-refractivity contribution in [3.63, 3.8) is 0 Å². The van der Waals surface area contributed by atoms with E-state index < -0.39 is 67.8 Å². The molecule has 8 aromatic carbocycles. The number of halogens is 14. The first-order chi connectivity index (χ1) is 35.8. The van der Waals surface area contributed by atoms with Crippen LogP contribution in [0.25, 0.3) is 54.9 Å². The number of hydrogen-bond acceptors (Lipinski definition) is 0. The Hall–Kier alpha value is -4.62. The molecular weight excluding hydrogens is 1140 g/mol. The number of alkyl halides is 12. The number of benzene rings is 6. The molecule has 0 N–H and O–H groups in total. The largest absolute Gasteiger partial charge is 0.184 e. The van der Waals surface area contributed by atoms with Crippen molar-refractivity contribution < 1.29 is 73.5 Å². The van der Waals surface area contributed by atoms with E-state index in [1.165, 1.54) is 21.5 Å². The van der Waals surface area contributed by atoms with Gasteiger partial charge in [-0.25, -0.2) is 0 Å². The molecule has 0 spiro atoms. The molecule has 9 rings (SSSR count). The molecule has 1 heterocycles. The van der Waals surface area contributed by atoms with Crippen LogP contribution in [0.3, 0.4) is 0 Å². The standard InChI is InChI=1S/2C24H23F6.C12H7Si.2ClH.Zr/c2*1-4-6-15-7-8-16-9-17(14(3)5-2)12-21(16)22(15)18-10-19(23(25,26)27)13-20(11-18)24(28,29)30;1-3-7-11-9(5-1)10-6-2-4-8-12(10)13-11;;;/h2*7-14H,4-6H2,1-3H3;1-7H;2*1H;/q3*-1;;;+2/p-2. The van der Waals surface area contributed by atoms with Gasteiger partial charge in [0.25, 0.3) is 0 Å². The van der Waals surface area contributed by atoms with Gasteiger partial charge in [-0.15, -0.1) is 74.6 Å². The zero-order chi connectivity index (χ0) is 55.9. The molecule has 2 unspecified atom stereocenters. The monoisotopic (exact) mass is 1190 g/mol. The van der Waals surface area contributed by atoms with E-state index in [9.17, 15) is 52.7 Å². The molecule has 0 aromatic heterocycles. The van der Waals surface area contributed by atoms with Gasteiger partial charge in [0.2, 0.25) is 0 Å². The normalized spacial score (nSPS) is 13.2. The van der Waals surface area contributed by atoms with Gasteiger partial charge in [0.05, 0.1) is 31.8 Å². The predicted octanol–water partition coefficient (Wildman–Crippen LogP) is 20.0. The number of hydrogen-bond donors (Lipinski definition) is 0. The van der Waals surface area contributed by atoms with Crippen LogP contribution in [-0.2, 0) is 58.4 Å². The summed E-state index contributed by atoms with van der Waals surface area (Å²) >= 11 is -0.826. The maximum Gasteiger partial charge on any atom is 0.0920 e. The summed E-state index contributed by atoms with van der Waals surface area (Å²) in [5.41, 5.74) is 1.99. The van der Waals surface area contributed by atoms with Crippen LogP contribution in [-0.4, -0.2) is 9.52 Å². The summed E-state index contributed by atoms with van der Waals surface area (Å²) in [5, 5.41) is 5.87. The van der Waals surface area contributed by atoms with Gasteiger partial charge in [-0.1, -0.05) is 124 Å². The topological polar surface area (TPSA) is 0 Å². The van der Waals surface area contributed by atoms with Crippen LogP contribution in [0.4, 0.5) is 52.7 Å². The third kappa shape index (κ3) is 14.5. The molecule has 0 amide bonds. The molecular formula is C60H53Cl2F12SiZr-3. The fourth-order valence-corrected chi connectivity index (χ4v) is 10.6. The van der Waals surface area contributed by atoms with Crippen LogP contribution >= 0.6 is 17.0 Å². The van der Waals surface area contributed by atoms with Crippen molar-refractivity contribution in [3.8, 4) is 33.4 Å². The van der Waals surface area contributed by atoms with Crippen molar-refractivity contribution in [1.29, 1.82) is 0 Å². The summed E-state index contributed by atoms with van der Waals surface area (Å²) in [5.74, 6) is 0.485. The molecule has 402 valence electrons. The van der Waals surface area contributed by atoms with Gasteiger partial charge in [-0.3, -0.25) is 0 Å². The maximum absolute atomic E-state index is 13.4. The van der Waals surface area contributed by atoms with E-state index in [0.29, 0.717) is 34.7 Å². The van der Waals surface area contributed by atoms with E-state index >= 15 is 0 Å². The molecule has 1 aliphatic rings. The first-order valence-corrected chi connectivity index (χ1v) is 32.0. The molecule has 0 saturated heterocycles. The van der Waals surface area contributed by atoms with Gasteiger partial charge in [0.15, 0.2) is 0 Å². The van der Waals surface area contributed by atoms with E-state index in [4.69, 9.17) is 17.0 Å². The molecule has 16 heteroatoms. The Morgan fingerprint density at radius 2 is 0.895 bits per heavy atom. The van der Waals surface area contributed by atoms with Crippen LogP contribution in [0.2, 0.25) is 0 Å². The summed E-state index contributed by atoms with van der Waals surface area (Å²) < 4.78 is 161. The molecule has 0 bridgehead atoms. The van der Waals surface area contributed by atoms with E-state index in [-0.39, 0.29) is 35.1 Å². The van der Waals surface area contributed by atoms with Gasteiger partial charge in [-0.2, -0.15) is 94.3 Å². The summed E-state index contributed by atoms with van der Waals surface area (Å²) in [6.45, 7) is 12.0. The van der Waals surface area contributed by atoms with Crippen molar-refractivity contribution in [1.82, 2.24) is 0 Å². The average molecular weight is 1190 g/mol. The van der Waals surface area contributed by atoms with Crippen molar-refractivity contribution >= 4 is 58.5 Å². The van der Waals surface area contributed by atoms with Gasteiger partial charge in [0.1, 0.15) is 0 Å². The summed E-state index contributed by atoms with van der Waals surface area (Å²) in [6, 6.07) is 37.0. The number of fused-ring (bicyclic) bond motifs is 5. The van der Waals surface area contributed by atoms with E-state index in [1.54, 1.807) is 0 Å². The zero-order valence-corrected chi connectivity index (χ0v) is 47.3. The second kappa shape index (κ2) is 25.4. The molecule has 76 heavy (non-hydrogen) atoms. The van der Waals surface area contributed by atoms with E-state index in [1.807, 2.05) is 96.1 Å². The number of rotatable bonds is 10. The molecule has 1 aliphatic heterocycles. The average Bonchev–Trinajstić information content (AvgIpc) is 4.11. The molecule has 2 radical (unpaired) electrons. The van der Waals surface area contributed by atoms with Gasteiger partial charge >= 0.3 is 62.6 Å². The zero-order valence-electron chi connectivity index (χ0n) is 42.3. The van der Waals surface area contributed by atoms with Crippen molar-refractivity contribution in [2.75, 3.05) is 0 Å². The van der Waals surface area contributed by atoms with Crippen LogP contribution in [0.1, 0.15) is 124 Å². The van der Waals surface area contributed by atoms with Crippen molar-refractivity contribution in [2.45, 2.75) is 117 Å². The minimum Gasteiger partial charge on any atom is -0.184 e. The Balaban J connectivity index is 0.000000192. The third-order valence-electron chi connectivity index (χ3n) is 13.5. The molecule has 0 saturated carbocycles. The van der Waals surface area contributed by atoms with Crippen LogP contribution in [0, 0.1) is 6.07 Å². The predicted molar refractivity (Wildman–Crippen MR) is 283 cm³/mol. The summed E-state index contributed by atoms with van der Waals surface area (Å²) in [7, 11) is 10.7. The Morgan fingerprint density at radius 3 is 1.26 bits per heavy atom. The first-order valence-electron chi connectivity index (χ1n) is 24.6. The summed E-state index contributed by atoms with van der Waals surface area (Å²) in [6.07, 6.45) is -15.1. The first kappa shape index (κ1) is 60.6. The summed E-state index contributed by atoms with van der Waals surface area (Å²) in [4.78, 5) is 0. The van der Waals surface area contributed by atoms with Crippen LogP contribution in [0.15, 0.2) is 127 Å². The molecule has 0 aliphatic carbocycles. The quantitative estimate of drug-likeness (QED) is 0.0727. The minimum absolute atomic E-state index is 0.0486. The Bertz CT molecular complexity index is 2960. The molecule has 2 atom stereocenters. The van der Waals surface area contributed by atoms with Gasteiger partial charge < -0.3 is 0 Å². The Morgan fingerprint density at radius 1 is 0.513 bits per heavy atom. The second-order valence-corrected chi connectivity index (χ2v) is 23.7. The fourth-order valence-electron chi connectivity index (χ4n) is 9.30. The van der Waals surface area contributed by atoms with Crippen LogP contribution < -0.4 is 10.4 Å².